The van der Waals surface area contributed by atoms with Crippen LogP contribution >= 0.6 is 0 Å². The molecule has 0 aliphatic heterocycles. The van der Waals surface area contributed by atoms with Gasteiger partial charge < -0.3 is 4.74 Å². The average Bonchev–Trinajstić information content (AvgIpc) is 2.63. The van der Waals surface area contributed by atoms with Gasteiger partial charge in [0.25, 0.3) is 0 Å². The van der Waals surface area contributed by atoms with E-state index in [9.17, 15) is 0 Å². The summed E-state index contributed by atoms with van der Waals surface area (Å²) in [4.78, 5) is 0. The summed E-state index contributed by atoms with van der Waals surface area (Å²) in [5.41, 5.74) is 1.53. The number of ether oxygens (including phenoxy) is 1. The lowest BCUT2D eigenvalue weighted by molar-refractivity contribution is 0.104. The van der Waals surface area contributed by atoms with Crippen LogP contribution in [0.2, 0.25) is 0 Å². The van der Waals surface area contributed by atoms with Crippen molar-refractivity contribution in [2.24, 2.45) is 23.7 Å². The van der Waals surface area contributed by atoms with E-state index in [2.05, 4.69) is 38.1 Å². The normalized spacial score (nSPS) is 34.0. The fraction of sp³-hybridized carbons (Fsp3) is 0.739. The van der Waals surface area contributed by atoms with Crippen LogP contribution in [0.5, 0.6) is 5.75 Å². The molecule has 24 heavy (non-hydrogen) atoms. The maximum atomic E-state index is 5.57. The van der Waals surface area contributed by atoms with Gasteiger partial charge in [0.05, 0.1) is 6.61 Å². The number of rotatable bonds is 5. The van der Waals surface area contributed by atoms with E-state index < -0.39 is 0 Å². The van der Waals surface area contributed by atoms with E-state index in [1.54, 1.807) is 0 Å². The second-order valence-corrected chi connectivity index (χ2v) is 8.34. The molecular formula is C23H36O. The first-order valence-electron chi connectivity index (χ1n) is 10.4. The Morgan fingerprint density at radius 3 is 2.21 bits per heavy atom. The molecule has 3 unspecified atom stereocenters. The minimum Gasteiger partial charge on any atom is -0.494 e. The summed E-state index contributed by atoms with van der Waals surface area (Å²) in [6, 6.07) is 8.90. The highest BCUT2D eigenvalue weighted by Crippen LogP contribution is 2.46. The summed E-state index contributed by atoms with van der Waals surface area (Å²) in [5, 5.41) is 0. The summed E-state index contributed by atoms with van der Waals surface area (Å²) in [7, 11) is 0. The van der Waals surface area contributed by atoms with Gasteiger partial charge in [-0.2, -0.15) is 0 Å². The molecular weight excluding hydrogens is 292 g/mol. The number of hydrogen-bond acceptors (Lipinski definition) is 1. The summed E-state index contributed by atoms with van der Waals surface area (Å²) >= 11 is 0. The Kier molecular flexibility index (Phi) is 6.25. The van der Waals surface area contributed by atoms with Crippen LogP contribution in [0.1, 0.15) is 83.6 Å². The van der Waals surface area contributed by atoms with Gasteiger partial charge in [-0.3, -0.25) is 0 Å². The van der Waals surface area contributed by atoms with Gasteiger partial charge >= 0.3 is 0 Å². The lowest BCUT2D eigenvalue weighted by atomic mass is 9.64. The zero-order chi connectivity index (χ0) is 16.9. The van der Waals surface area contributed by atoms with Crippen molar-refractivity contribution in [3.05, 3.63) is 29.8 Å². The van der Waals surface area contributed by atoms with Gasteiger partial charge in [0.2, 0.25) is 0 Å². The highest BCUT2D eigenvalue weighted by Gasteiger charge is 2.34. The maximum absolute atomic E-state index is 5.57. The Balaban J connectivity index is 1.52. The van der Waals surface area contributed by atoms with E-state index in [0.29, 0.717) is 0 Å². The van der Waals surface area contributed by atoms with Crippen LogP contribution in [0.25, 0.3) is 0 Å². The quantitative estimate of drug-likeness (QED) is 0.576. The van der Waals surface area contributed by atoms with Crippen LogP contribution in [0.3, 0.4) is 0 Å². The van der Waals surface area contributed by atoms with Crippen LogP contribution in [-0.4, -0.2) is 6.61 Å². The predicted molar refractivity (Wildman–Crippen MR) is 103 cm³/mol. The maximum Gasteiger partial charge on any atom is 0.119 e. The molecule has 2 fully saturated rings. The molecule has 0 saturated heterocycles. The van der Waals surface area contributed by atoms with Crippen molar-refractivity contribution in [1.29, 1.82) is 0 Å². The van der Waals surface area contributed by atoms with Gasteiger partial charge in [0.15, 0.2) is 0 Å². The Labute approximate surface area is 149 Å². The van der Waals surface area contributed by atoms with Crippen LogP contribution in [-0.2, 0) is 0 Å². The minimum atomic E-state index is 0.753. The van der Waals surface area contributed by atoms with Crippen molar-refractivity contribution in [1.82, 2.24) is 0 Å². The van der Waals surface area contributed by atoms with E-state index in [1.807, 2.05) is 6.92 Å². The van der Waals surface area contributed by atoms with Gasteiger partial charge in [0, 0.05) is 0 Å². The molecule has 0 radical (unpaired) electrons. The fourth-order valence-corrected chi connectivity index (χ4v) is 5.49. The van der Waals surface area contributed by atoms with Gasteiger partial charge in [-0.1, -0.05) is 38.8 Å². The van der Waals surface area contributed by atoms with Crippen LogP contribution in [0.4, 0.5) is 0 Å². The Bertz CT molecular complexity index is 483. The largest absolute Gasteiger partial charge is 0.494 e. The van der Waals surface area contributed by atoms with Crippen LogP contribution < -0.4 is 4.74 Å². The molecule has 0 heterocycles. The van der Waals surface area contributed by atoms with Crippen LogP contribution in [0.15, 0.2) is 24.3 Å². The SMILES string of the molecule is CCOc1ccc(C2CCC(C3CCC(CC)CC3C)CC2)cc1. The van der Waals surface area contributed by atoms with E-state index in [1.165, 1.54) is 56.9 Å². The first kappa shape index (κ1) is 17.8. The van der Waals surface area contributed by atoms with E-state index in [-0.39, 0.29) is 0 Å². The molecule has 0 aromatic heterocycles. The predicted octanol–water partition coefficient (Wildman–Crippen LogP) is 6.82. The Morgan fingerprint density at radius 1 is 0.917 bits per heavy atom. The summed E-state index contributed by atoms with van der Waals surface area (Å²) in [6.07, 6.45) is 11.5. The van der Waals surface area contributed by atoms with Crippen molar-refractivity contribution in [3.8, 4) is 5.75 Å². The zero-order valence-electron chi connectivity index (χ0n) is 16.0. The molecule has 134 valence electrons. The third kappa shape index (κ3) is 4.16. The smallest absolute Gasteiger partial charge is 0.119 e. The molecule has 2 aliphatic carbocycles. The lowest BCUT2D eigenvalue weighted by Gasteiger charge is -2.41. The summed E-state index contributed by atoms with van der Waals surface area (Å²) < 4.78 is 5.57. The molecule has 3 rings (SSSR count). The first-order valence-corrected chi connectivity index (χ1v) is 10.4. The molecule has 0 N–H and O–H groups in total. The van der Waals surface area contributed by atoms with Gasteiger partial charge in [-0.25, -0.2) is 0 Å². The molecule has 1 aromatic carbocycles. The first-order chi connectivity index (χ1) is 11.7. The Hall–Kier alpha value is -0.980. The van der Waals surface area contributed by atoms with E-state index >= 15 is 0 Å². The second-order valence-electron chi connectivity index (χ2n) is 8.34. The van der Waals surface area contributed by atoms with Crippen molar-refractivity contribution >= 4 is 0 Å². The second kappa shape index (κ2) is 8.41. The average molecular weight is 329 g/mol. The molecule has 2 aliphatic rings. The number of hydrogen-bond donors (Lipinski definition) is 0. The summed E-state index contributed by atoms with van der Waals surface area (Å²) in [5.74, 6) is 5.76. The fourth-order valence-electron chi connectivity index (χ4n) is 5.49. The Morgan fingerprint density at radius 2 is 1.62 bits per heavy atom. The number of benzene rings is 1. The van der Waals surface area contributed by atoms with Crippen LogP contribution in [0, 0.1) is 23.7 Å². The minimum absolute atomic E-state index is 0.753. The highest BCUT2D eigenvalue weighted by atomic mass is 16.5. The van der Waals surface area contributed by atoms with Gasteiger partial charge in [-0.05, 0) is 92.7 Å². The molecule has 1 heteroatoms. The molecule has 1 nitrogen and oxygen atoms in total. The van der Waals surface area contributed by atoms with Crippen molar-refractivity contribution in [2.45, 2.75) is 78.1 Å². The highest BCUT2D eigenvalue weighted by molar-refractivity contribution is 5.29. The van der Waals surface area contributed by atoms with E-state index in [4.69, 9.17) is 4.74 Å². The molecule has 0 bridgehead atoms. The van der Waals surface area contributed by atoms with E-state index in [0.717, 1.165) is 41.9 Å². The molecule has 1 aromatic rings. The third-order valence-electron chi connectivity index (χ3n) is 6.96. The topological polar surface area (TPSA) is 9.23 Å². The standard InChI is InChI=1S/C23H36O/c1-4-18-6-15-23(17(3)16-18)21-9-7-19(8-10-21)20-11-13-22(14-12-20)24-5-2/h11-14,17-19,21,23H,4-10,15-16H2,1-3H3. The molecule has 2 saturated carbocycles. The van der Waals surface area contributed by atoms with Crippen molar-refractivity contribution in [3.63, 3.8) is 0 Å². The van der Waals surface area contributed by atoms with Gasteiger partial charge in [-0.15, -0.1) is 0 Å². The zero-order valence-corrected chi connectivity index (χ0v) is 16.0. The lowest BCUT2D eigenvalue weighted by Crippen LogP contribution is -2.31. The molecule has 0 spiro atoms. The molecule has 3 atom stereocenters. The summed E-state index contributed by atoms with van der Waals surface area (Å²) in [6.45, 7) is 7.71. The third-order valence-corrected chi connectivity index (χ3v) is 6.96. The van der Waals surface area contributed by atoms with Crippen molar-refractivity contribution in [2.75, 3.05) is 6.61 Å². The molecule has 0 amide bonds. The van der Waals surface area contributed by atoms with Gasteiger partial charge in [0.1, 0.15) is 5.75 Å². The van der Waals surface area contributed by atoms with Crippen molar-refractivity contribution < 1.29 is 4.74 Å². The monoisotopic (exact) mass is 328 g/mol.